The molecule has 4 aromatic rings. The van der Waals surface area contributed by atoms with Gasteiger partial charge in [-0.15, -0.1) is 0 Å². The maximum Gasteiger partial charge on any atom is 0.261 e. The summed E-state index contributed by atoms with van der Waals surface area (Å²) in [4.78, 5) is 34.0. The van der Waals surface area contributed by atoms with Crippen LogP contribution in [-0.2, 0) is 13.1 Å². The van der Waals surface area contributed by atoms with Crippen LogP contribution in [0.25, 0.3) is 10.9 Å². The lowest BCUT2D eigenvalue weighted by Gasteiger charge is -2.32. The molecule has 0 aliphatic carbocycles. The summed E-state index contributed by atoms with van der Waals surface area (Å²) in [5, 5.41) is 0.574. The molecule has 1 unspecified atom stereocenters. The zero-order valence-corrected chi connectivity index (χ0v) is 19.8. The summed E-state index contributed by atoms with van der Waals surface area (Å²) >= 11 is 0. The van der Waals surface area contributed by atoms with E-state index in [1.165, 1.54) is 0 Å². The average Bonchev–Trinajstić information content (AvgIpc) is 3.37. The third kappa shape index (κ3) is 4.25. The van der Waals surface area contributed by atoms with E-state index in [2.05, 4.69) is 0 Å². The number of rotatable bonds is 7. The Balaban J connectivity index is 1.63. The van der Waals surface area contributed by atoms with Crippen molar-refractivity contribution >= 4 is 16.8 Å². The van der Waals surface area contributed by atoms with Gasteiger partial charge >= 0.3 is 0 Å². The Morgan fingerprint density at radius 1 is 1.00 bits per heavy atom. The molecule has 7 nitrogen and oxygen atoms in total. The number of aromatic nitrogens is 2. The summed E-state index contributed by atoms with van der Waals surface area (Å²) in [6.07, 6.45) is 0.591. The first kappa shape index (κ1) is 22.7. The monoisotopic (exact) mass is 469 g/mol. The molecule has 0 fully saturated rings. The quantitative estimate of drug-likeness (QED) is 0.383. The zero-order chi connectivity index (χ0) is 24.4. The summed E-state index contributed by atoms with van der Waals surface area (Å²) in [5.41, 5.74) is 2.02. The molecular formula is C28H27N3O4. The van der Waals surface area contributed by atoms with Crippen molar-refractivity contribution in [1.82, 2.24) is 14.5 Å². The summed E-state index contributed by atoms with van der Waals surface area (Å²) in [6.45, 7) is 4.91. The number of carbonyl (C=O) groups excluding carboxylic acids is 1. The average molecular weight is 470 g/mol. The minimum Gasteiger partial charge on any atom is -0.454 e. The number of benzene rings is 3. The Labute approximate surface area is 203 Å². The van der Waals surface area contributed by atoms with Gasteiger partial charge in [-0.25, -0.2) is 4.98 Å². The fourth-order valence-corrected chi connectivity index (χ4v) is 4.59. The number of para-hydroxylation sites is 1. The molecule has 1 amide bonds. The van der Waals surface area contributed by atoms with Crippen LogP contribution in [0.5, 0.6) is 11.5 Å². The Bertz CT molecular complexity index is 1430. The standard InChI is InChI=1S/C28H27N3O4/c1-3-23(26-29-22-13-9-8-12-21(22)28(33)30(26)4-2)31(17-19-10-6-5-7-11-19)27(32)20-14-15-24-25(16-20)35-18-34-24/h5-16,23H,3-4,17-18H2,1-2H3. The highest BCUT2D eigenvalue weighted by molar-refractivity contribution is 5.95. The van der Waals surface area contributed by atoms with Gasteiger partial charge in [-0.05, 0) is 49.2 Å². The first-order chi connectivity index (χ1) is 17.1. The Kier molecular flexibility index (Phi) is 6.23. The van der Waals surface area contributed by atoms with E-state index >= 15 is 0 Å². The van der Waals surface area contributed by atoms with Crippen molar-refractivity contribution in [3.05, 3.63) is 100 Å². The third-order valence-corrected chi connectivity index (χ3v) is 6.34. The highest BCUT2D eigenvalue weighted by atomic mass is 16.7. The molecule has 0 radical (unpaired) electrons. The predicted octanol–water partition coefficient (Wildman–Crippen LogP) is 4.94. The SMILES string of the molecule is CCC(c1nc2ccccc2c(=O)n1CC)N(Cc1ccccc1)C(=O)c1ccc2c(c1)OCO2. The molecule has 0 N–H and O–H groups in total. The van der Waals surface area contributed by atoms with Crippen LogP contribution in [0, 0.1) is 0 Å². The summed E-state index contributed by atoms with van der Waals surface area (Å²) in [5.74, 6) is 1.60. The van der Waals surface area contributed by atoms with Crippen LogP contribution in [0.3, 0.4) is 0 Å². The third-order valence-electron chi connectivity index (χ3n) is 6.34. The molecule has 3 aromatic carbocycles. The van der Waals surface area contributed by atoms with Gasteiger partial charge in [-0.2, -0.15) is 0 Å². The summed E-state index contributed by atoms with van der Waals surface area (Å²) < 4.78 is 12.6. The van der Waals surface area contributed by atoms with Gasteiger partial charge in [0.2, 0.25) is 6.79 Å². The van der Waals surface area contributed by atoms with E-state index < -0.39 is 6.04 Å². The lowest BCUT2D eigenvalue weighted by atomic mass is 10.1. The lowest BCUT2D eigenvalue weighted by Crippen LogP contribution is -2.38. The molecule has 5 rings (SSSR count). The molecule has 35 heavy (non-hydrogen) atoms. The number of nitrogens with zero attached hydrogens (tertiary/aromatic N) is 3. The van der Waals surface area contributed by atoms with Crippen molar-refractivity contribution in [2.45, 2.75) is 39.4 Å². The smallest absolute Gasteiger partial charge is 0.261 e. The highest BCUT2D eigenvalue weighted by Crippen LogP contribution is 2.34. The van der Waals surface area contributed by atoms with Crippen molar-refractivity contribution in [2.24, 2.45) is 0 Å². The number of hydrogen-bond donors (Lipinski definition) is 0. The second-order valence-corrected chi connectivity index (χ2v) is 8.45. The molecule has 0 saturated carbocycles. The van der Waals surface area contributed by atoms with Crippen LogP contribution < -0.4 is 15.0 Å². The van der Waals surface area contributed by atoms with E-state index in [0.717, 1.165) is 5.56 Å². The van der Waals surface area contributed by atoms with Gasteiger partial charge in [-0.3, -0.25) is 14.2 Å². The second kappa shape index (κ2) is 9.62. The Morgan fingerprint density at radius 2 is 1.74 bits per heavy atom. The van der Waals surface area contributed by atoms with Crippen LogP contribution in [-0.4, -0.2) is 27.2 Å². The topological polar surface area (TPSA) is 73.7 Å². The van der Waals surface area contributed by atoms with Gasteiger partial charge in [0.05, 0.1) is 16.9 Å². The largest absolute Gasteiger partial charge is 0.454 e. The van der Waals surface area contributed by atoms with Gasteiger partial charge in [0.15, 0.2) is 11.5 Å². The normalized spacial score (nSPS) is 13.1. The number of ether oxygens (including phenoxy) is 2. The minimum atomic E-state index is -0.412. The van der Waals surface area contributed by atoms with Gasteiger partial charge in [0.25, 0.3) is 11.5 Å². The molecule has 2 heterocycles. The van der Waals surface area contributed by atoms with Crippen LogP contribution in [0.4, 0.5) is 0 Å². The van der Waals surface area contributed by atoms with Gasteiger partial charge < -0.3 is 14.4 Å². The Hall–Kier alpha value is -4.13. The van der Waals surface area contributed by atoms with Crippen molar-refractivity contribution in [1.29, 1.82) is 0 Å². The second-order valence-electron chi connectivity index (χ2n) is 8.45. The molecule has 0 bridgehead atoms. The number of amides is 1. The summed E-state index contributed by atoms with van der Waals surface area (Å²) in [7, 11) is 0. The maximum absolute atomic E-state index is 14.0. The fourth-order valence-electron chi connectivity index (χ4n) is 4.59. The van der Waals surface area contributed by atoms with Crippen LogP contribution in [0.1, 0.15) is 48.1 Å². The number of fused-ring (bicyclic) bond motifs is 2. The van der Waals surface area contributed by atoms with E-state index in [1.807, 2.05) is 62.4 Å². The molecular weight excluding hydrogens is 442 g/mol. The van der Waals surface area contributed by atoms with Gasteiger partial charge in [-0.1, -0.05) is 49.4 Å². The van der Waals surface area contributed by atoms with Crippen molar-refractivity contribution in [3.63, 3.8) is 0 Å². The molecule has 0 spiro atoms. The summed E-state index contributed by atoms with van der Waals surface area (Å²) in [6, 6.07) is 22.0. The van der Waals surface area contributed by atoms with E-state index in [9.17, 15) is 9.59 Å². The molecule has 7 heteroatoms. The molecule has 1 aliphatic heterocycles. The molecule has 1 atom stereocenters. The van der Waals surface area contributed by atoms with E-state index in [-0.39, 0.29) is 18.3 Å². The number of hydrogen-bond acceptors (Lipinski definition) is 5. The molecule has 0 saturated heterocycles. The molecule has 178 valence electrons. The molecule has 1 aromatic heterocycles. The van der Waals surface area contributed by atoms with Crippen molar-refractivity contribution in [2.75, 3.05) is 6.79 Å². The van der Waals surface area contributed by atoms with Crippen LogP contribution in [0.2, 0.25) is 0 Å². The maximum atomic E-state index is 14.0. The predicted molar refractivity (Wildman–Crippen MR) is 134 cm³/mol. The Morgan fingerprint density at radius 3 is 2.51 bits per heavy atom. The lowest BCUT2D eigenvalue weighted by molar-refractivity contribution is 0.0637. The van der Waals surface area contributed by atoms with Crippen molar-refractivity contribution in [3.8, 4) is 11.5 Å². The van der Waals surface area contributed by atoms with E-state index in [0.29, 0.717) is 53.3 Å². The highest BCUT2D eigenvalue weighted by Gasteiger charge is 2.30. The van der Waals surface area contributed by atoms with E-state index in [4.69, 9.17) is 14.5 Å². The van der Waals surface area contributed by atoms with Crippen LogP contribution in [0.15, 0.2) is 77.6 Å². The van der Waals surface area contributed by atoms with Crippen LogP contribution >= 0.6 is 0 Å². The van der Waals surface area contributed by atoms with Gasteiger partial charge in [0, 0.05) is 18.7 Å². The zero-order valence-electron chi connectivity index (χ0n) is 19.8. The van der Waals surface area contributed by atoms with Gasteiger partial charge in [0.1, 0.15) is 5.82 Å². The fraction of sp³-hybridized carbons (Fsp3) is 0.250. The first-order valence-corrected chi connectivity index (χ1v) is 11.8. The van der Waals surface area contributed by atoms with E-state index in [1.54, 1.807) is 33.7 Å². The molecule has 1 aliphatic rings. The number of carbonyl (C=O) groups is 1. The first-order valence-electron chi connectivity index (χ1n) is 11.8. The van der Waals surface area contributed by atoms with Crippen molar-refractivity contribution < 1.29 is 14.3 Å². The minimum absolute atomic E-state index is 0.0956.